The van der Waals surface area contributed by atoms with E-state index in [0.29, 0.717) is 17.2 Å². The van der Waals surface area contributed by atoms with Gasteiger partial charge in [0, 0.05) is 22.3 Å². The van der Waals surface area contributed by atoms with E-state index in [1.54, 1.807) is 36.5 Å². The van der Waals surface area contributed by atoms with Crippen LogP contribution < -0.4 is 4.74 Å². The number of aldehydes is 1. The smallest absolute Gasteiger partial charge is 0.219 e. The van der Waals surface area contributed by atoms with Crippen molar-refractivity contribution < 1.29 is 9.53 Å². The number of hydrogen-bond acceptors (Lipinski definition) is 3. The number of ether oxygens (including phenoxy) is 1. The van der Waals surface area contributed by atoms with E-state index in [1.807, 2.05) is 6.07 Å². The summed E-state index contributed by atoms with van der Waals surface area (Å²) in [5, 5.41) is 0. The summed E-state index contributed by atoms with van der Waals surface area (Å²) in [6, 6.07) is 10.5. The number of benzene rings is 1. The van der Waals surface area contributed by atoms with Gasteiger partial charge < -0.3 is 4.74 Å². The molecule has 0 spiro atoms. The van der Waals surface area contributed by atoms with Crippen LogP contribution in [0.2, 0.25) is 0 Å². The van der Waals surface area contributed by atoms with Gasteiger partial charge in [-0.05, 0) is 34.1 Å². The molecule has 0 saturated heterocycles. The third-order valence-corrected chi connectivity index (χ3v) is 2.39. The first-order valence-electron chi connectivity index (χ1n) is 4.62. The largest absolute Gasteiger partial charge is 0.439 e. The van der Waals surface area contributed by atoms with Gasteiger partial charge >= 0.3 is 0 Å². The third kappa shape index (κ3) is 2.67. The predicted molar refractivity (Wildman–Crippen MR) is 63.8 cm³/mol. The minimum atomic E-state index is 0.492. The Kier molecular flexibility index (Phi) is 3.31. The average molecular weight is 278 g/mol. The van der Waals surface area contributed by atoms with Gasteiger partial charge in [0.2, 0.25) is 5.88 Å². The molecule has 0 amide bonds. The van der Waals surface area contributed by atoms with Crippen molar-refractivity contribution >= 4 is 22.2 Å². The molecule has 16 heavy (non-hydrogen) atoms. The summed E-state index contributed by atoms with van der Waals surface area (Å²) in [6.07, 6.45) is 2.43. The van der Waals surface area contributed by atoms with E-state index in [-0.39, 0.29) is 0 Å². The maximum Gasteiger partial charge on any atom is 0.219 e. The molecule has 1 heterocycles. The zero-order chi connectivity index (χ0) is 11.4. The SMILES string of the molecule is O=Cc1cccc(Oc2ccc(Br)cn2)c1. The Bertz CT molecular complexity index is 497. The first-order chi connectivity index (χ1) is 7.78. The molecule has 0 aliphatic rings. The highest BCUT2D eigenvalue weighted by molar-refractivity contribution is 9.10. The Balaban J connectivity index is 2.20. The summed E-state index contributed by atoms with van der Waals surface area (Å²) in [5.74, 6) is 1.09. The molecule has 0 fully saturated rings. The second-order valence-electron chi connectivity index (χ2n) is 3.11. The highest BCUT2D eigenvalue weighted by Gasteiger charge is 1.99. The molecule has 0 aliphatic heterocycles. The van der Waals surface area contributed by atoms with Crippen molar-refractivity contribution in [1.29, 1.82) is 0 Å². The molecule has 1 aromatic carbocycles. The van der Waals surface area contributed by atoms with Crippen LogP contribution in [-0.4, -0.2) is 11.3 Å². The minimum Gasteiger partial charge on any atom is -0.439 e. The van der Waals surface area contributed by atoms with Gasteiger partial charge in [-0.2, -0.15) is 0 Å². The van der Waals surface area contributed by atoms with Gasteiger partial charge in [0.05, 0.1) is 0 Å². The number of nitrogens with zero attached hydrogens (tertiary/aromatic N) is 1. The van der Waals surface area contributed by atoms with Crippen molar-refractivity contribution in [2.75, 3.05) is 0 Å². The average Bonchev–Trinajstić information content (AvgIpc) is 2.32. The fraction of sp³-hybridized carbons (Fsp3) is 0. The standard InChI is InChI=1S/C12H8BrNO2/c13-10-4-5-12(14-7-10)16-11-3-1-2-9(6-11)8-15/h1-8H. The van der Waals surface area contributed by atoms with Gasteiger partial charge in [-0.15, -0.1) is 0 Å². The van der Waals surface area contributed by atoms with E-state index in [1.165, 1.54) is 0 Å². The fourth-order valence-corrected chi connectivity index (χ4v) is 1.43. The molecule has 4 heteroatoms. The van der Waals surface area contributed by atoms with Crippen molar-refractivity contribution in [3.63, 3.8) is 0 Å². The maximum absolute atomic E-state index is 10.6. The van der Waals surface area contributed by atoms with Crippen molar-refractivity contribution in [3.8, 4) is 11.6 Å². The molecule has 0 unspecified atom stereocenters. The Hall–Kier alpha value is -1.68. The molecule has 0 N–H and O–H groups in total. The lowest BCUT2D eigenvalue weighted by Gasteiger charge is -2.04. The van der Waals surface area contributed by atoms with Crippen molar-refractivity contribution in [3.05, 3.63) is 52.6 Å². The topological polar surface area (TPSA) is 39.2 Å². The van der Waals surface area contributed by atoms with Gasteiger partial charge in [-0.25, -0.2) is 4.98 Å². The van der Waals surface area contributed by atoms with E-state index in [4.69, 9.17) is 4.74 Å². The monoisotopic (exact) mass is 277 g/mol. The van der Waals surface area contributed by atoms with E-state index in [9.17, 15) is 4.79 Å². The molecule has 1 aromatic heterocycles. The first kappa shape index (κ1) is 10.8. The molecule has 2 rings (SSSR count). The van der Waals surface area contributed by atoms with Crippen LogP contribution in [0.5, 0.6) is 11.6 Å². The van der Waals surface area contributed by atoms with Gasteiger partial charge in [-0.3, -0.25) is 4.79 Å². The minimum absolute atomic E-state index is 0.492. The lowest BCUT2D eigenvalue weighted by Crippen LogP contribution is -1.88. The van der Waals surface area contributed by atoms with E-state index >= 15 is 0 Å². The molecule has 80 valence electrons. The van der Waals surface area contributed by atoms with Gasteiger partial charge in [0.25, 0.3) is 0 Å². The molecule has 0 saturated carbocycles. The number of rotatable bonds is 3. The highest BCUT2D eigenvalue weighted by atomic mass is 79.9. The number of hydrogen-bond donors (Lipinski definition) is 0. The Morgan fingerprint density at radius 2 is 2.12 bits per heavy atom. The highest BCUT2D eigenvalue weighted by Crippen LogP contribution is 2.21. The lowest BCUT2D eigenvalue weighted by molar-refractivity contribution is 0.112. The fourth-order valence-electron chi connectivity index (χ4n) is 1.19. The molecular formula is C12H8BrNO2. The van der Waals surface area contributed by atoms with Crippen LogP contribution in [0.25, 0.3) is 0 Å². The van der Waals surface area contributed by atoms with Crippen LogP contribution in [0.15, 0.2) is 47.1 Å². The molecule has 3 nitrogen and oxygen atoms in total. The first-order valence-corrected chi connectivity index (χ1v) is 5.42. The molecular weight excluding hydrogens is 270 g/mol. The van der Waals surface area contributed by atoms with Crippen LogP contribution in [0, 0.1) is 0 Å². The number of aromatic nitrogens is 1. The van der Waals surface area contributed by atoms with E-state index in [0.717, 1.165) is 10.8 Å². The number of carbonyl (C=O) groups excluding carboxylic acids is 1. The lowest BCUT2D eigenvalue weighted by atomic mass is 10.2. The van der Waals surface area contributed by atoms with E-state index in [2.05, 4.69) is 20.9 Å². The van der Waals surface area contributed by atoms with Crippen molar-refractivity contribution in [2.24, 2.45) is 0 Å². The quantitative estimate of drug-likeness (QED) is 0.807. The summed E-state index contributed by atoms with van der Waals surface area (Å²) >= 11 is 3.29. The number of carbonyl (C=O) groups is 1. The molecule has 0 radical (unpaired) electrons. The van der Waals surface area contributed by atoms with Gasteiger partial charge in [0.1, 0.15) is 12.0 Å². The molecule has 2 aromatic rings. The summed E-state index contributed by atoms with van der Waals surface area (Å²) in [6.45, 7) is 0. The zero-order valence-corrected chi connectivity index (χ0v) is 9.85. The third-order valence-electron chi connectivity index (χ3n) is 1.92. The summed E-state index contributed by atoms with van der Waals surface area (Å²) in [4.78, 5) is 14.7. The molecule has 0 atom stereocenters. The predicted octanol–water partition coefficient (Wildman–Crippen LogP) is 3.45. The molecule has 0 aliphatic carbocycles. The normalized spacial score (nSPS) is 9.81. The van der Waals surface area contributed by atoms with Crippen molar-refractivity contribution in [2.45, 2.75) is 0 Å². The van der Waals surface area contributed by atoms with Crippen LogP contribution in [0.3, 0.4) is 0 Å². The van der Waals surface area contributed by atoms with Crippen molar-refractivity contribution in [1.82, 2.24) is 4.98 Å². The van der Waals surface area contributed by atoms with Crippen LogP contribution in [0.4, 0.5) is 0 Å². The number of pyridine rings is 1. The second kappa shape index (κ2) is 4.90. The van der Waals surface area contributed by atoms with E-state index < -0.39 is 0 Å². The number of halogens is 1. The summed E-state index contributed by atoms with van der Waals surface area (Å²) in [5.41, 5.74) is 0.578. The van der Waals surface area contributed by atoms with Crippen LogP contribution in [0.1, 0.15) is 10.4 Å². The van der Waals surface area contributed by atoms with Gasteiger partial charge in [-0.1, -0.05) is 12.1 Å². The summed E-state index contributed by atoms with van der Waals surface area (Å²) in [7, 11) is 0. The van der Waals surface area contributed by atoms with Gasteiger partial charge in [0.15, 0.2) is 0 Å². The van der Waals surface area contributed by atoms with Crippen LogP contribution >= 0.6 is 15.9 Å². The Morgan fingerprint density at radius 1 is 1.25 bits per heavy atom. The maximum atomic E-state index is 10.6. The Labute approximate surface area is 101 Å². The summed E-state index contributed by atoms with van der Waals surface area (Å²) < 4.78 is 6.38. The van der Waals surface area contributed by atoms with Crippen LogP contribution in [-0.2, 0) is 0 Å². The zero-order valence-electron chi connectivity index (χ0n) is 8.26. The Morgan fingerprint density at radius 3 is 2.81 bits per heavy atom. The molecule has 0 bridgehead atoms. The second-order valence-corrected chi connectivity index (χ2v) is 4.02.